The van der Waals surface area contributed by atoms with E-state index in [0.29, 0.717) is 12.2 Å². The minimum absolute atomic E-state index is 0.00333. The molecule has 0 aromatic carbocycles. The molecule has 0 spiro atoms. The third-order valence-electron chi connectivity index (χ3n) is 2.01. The summed E-state index contributed by atoms with van der Waals surface area (Å²) < 4.78 is 37.8. The van der Waals surface area contributed by atoms with Crippen LogP contribution in [0.15, 0.2) is 0 Å². The van der Waals surface area contributed by atoms with E-state index in [2.05, 4.69) is 10.2 Å². The van der Waals surface area contributed by atoms with Gasteiger partial charge in [0.25, 0.3) is 0 Å². The summed E-state index contributed by atoms with van der Waals surface area (Å²) in [6.45, 7) is 3.24. The molecule has 0 aliphatic heterocycles. The quantitative estimate of drug-likeness (QED) is 0.815. The van der Waals surface area contributed by atoms with Crippen LogP contribution in [0.5, 0.6) is 0 Å². The van der Waals surface area contributed by atoms with Crippen molar-refractivity contribution in [3.05, 3.63) is 11.1 Å². The molecule has 1 aromatic heterocycles. The Morgan fingerprint density at radius 2 is 2.00 bits per heavy atom. The minimum atomic E-state index is -4.21. The van der Waals surface area contributed by atoms with Crippen molar-refractivity contribution in [1.29, 1.82) is 0 Å². The molecule has 0 saturated heterocycles. The normalized spacial score (nSPS) is 14.3. The molecule has 0 N–H and O–H groups in total. The molecule has 1 rings (SSSR count). The van der Waals surface area contributed by atoms with Crippen molar-refractivity contribution >= 4 is 11.6 Å². The van der Waals surface area contributed by atoms with Crippen molar-refractivity contribution in [2.75, 3.05) is 0 Å². The van der Waals surface area contributed by atoms with Crippen LogP contribution in [0.2, 0.25) is 5.28 Å². The molecule has 1 unspecified atom stereocenters. The summed E-state index contributed by atoms with van der Waals surface area (Å²) >= 11 is 5.67. The molecule has 0 aliphatic carbocycles. The number of halogens is 4. The zero-order chi connectivity index (χ0) is 11.6. The maximum absolute atomic E-state index is 12.2. The molecule has 3 nitrogen and oxygen atoms in total. The second-order valence-electron chi connectivity index (χ2n) is 3.28. The second kappa shape index (κ2) is 4.38. The Morgan fingerprint density at radius 1 is 1.40 bits per heavy atom. The monoisotopic (exact) mass is 241 g/mol. The fraction of sp³-hybridized carbons (Fsp3) is 0.750. The molecule has 1 heterocycles. The predicted octanol–water partition coefficient (Wildman–Crippen LogP) is 3.01. The summed E-state index contributed by atoms with van der Waals surface area (Å²) in [6, 6.07) is -0.776. The number of nitrogens with zero attached hydrogens (tertiary/aromatic N) is 3. The zero-order valence-electron chi connectivity index (χ0n) is 8.35. The highest BCUT2D eigenvalue weighted by atomic mass is 35.5. The van der Waals surface area contributed by atoms with Crippen LogP contribution in [0.25, 0.3) is 0 Å². The summed E-state index contributed by atoms with van der Waals surface area (Å²) in [5.74, 6) is 0.469. The standard InChI is InChI=1S/C8H11ClF3N3/c1-3-6-13-14-7(9)15(6)5(2)4-8(10,11)12/h5H,3-4H2,1-2H3. The third kappa shape index (κ3) is 3.09. The van der Waals surface area contributed by atoms with Gasteiger partial charge in [-0.1, -0.05) is 6.92 Å². The maximum Gasteiger partial charge on any atom is 0.391 e. The SMILES string of the molecule is CCc1nnc(Cl)n1C(C)CC(F)(F)F. The van der Waals surface area contributed by atoms with Crippen molar-refractivity contribution in [2.45, 2.75) is 38.9 Å². The Balaban J connectivity index is 2.90. The lowest BCUT2D eigenvalue weighted by Crippen LogP contribution is -2.18. The molecular weight excluding hydrogens is 231 g/mol. The van der Waals surface area contributed by atoms with Gasteiger partial charge in [-0.15, -0.1) is 10.2 Å². The van der Waals surface area contributed by atoms with E-state index in [1.165, 1.54) is 11.5 Å². The van der Waals surface area contributed by atoms with Gasteiger partial charge in [-0.05, 0) is 18.5 Å². The van der Waals surface area contributed by atoms with Crippen LogP contribution in [0.1, 0.15) is 32.1 Å². The van der Waals surface area contributed by atoms with E-state index >= 15 is 0 Å². The van der Waals surface area contributed by atoms with Gasteiger partial charge in [0.2, 0.25) is 5.28 Å². The summed E-state index contributed by atoms with van der Waals surface area (Å²) in [5.41, 5.74) is 0. The Labute approximate surface area is 90.2 Å². The van der Waals surface area contributed by atoms with E-state index in [1.54, 1.807) is 6.92 Å². The first-order chi connectivity index (χ1) is 6.85. The van der Waals surface area contributed by atoms with Gasteiger partial charge in [-0.2, -0.15) is 13.2 Å². The Hall–Kier alpha value is -0.780. The summed E-state index contributed by atoms with van der Waals surface area (Å²) in [5, 5.41) is 7.25. The van der Waals surface area contributed by atoms with Gasteiger partial charge in [-0.25, -0.2) is 0 Å². The Kier molecular flexibility index (Phi) is 3.59. The van der Waals surface area contributed by atoms with E-state index in [1.807, 2.05) is 0 Å². The zero-order valence-corrected chi connectivity index (χ0v) is 9.10. The molecule has 0 radical (unpaired) electrons. The Morgan fingerprint density at radius 3 is 2.47 bits per heavy atom. The van der Waals surface area contributed by atoms with Crippen molar-refractivity contribution in [2.24, 2.45) is 0 Å². The predicted molar refractivity (Wildman–Crippen MR) is 49.8 cm³/mol. The number of alkyl halides is 3. The largest absolute Gasteiger partial charge is 0.391 e. The third-order valence-corrected chi connectivity index (χ3v) is 2.27. The smallest absolute Gasteiger partial charge is 0.299 e. The van der Waals surface area contributed by atoms with Gasteiger partial charge < -0.3 is 0 Å². The summed E-state index contributed by atoms with van der Waals surface area (Å²) in [6.07, 6.45) is -4.64. The first kappa shape index (κ1) is 12.3. The molecule has 15 heavy (non-hydrogen) atoms. The van der Waals surface area contributed by atoms with Gasteiger partial charge >= 0.3 is 6.18 Å². The van der Waals surface area contributed by atoms with Crippen molar-refractivity contribution in [3.63, 3.8) is 0 Å². The lowest BCUT2D eigenvalue weighted by Gasteiger charge is -2.17. The first-order valence-corrected chi connectivity index (χ1v) is 4.89. The van der Waals surface area contributed by atoms with Crippen LogP contribution in [0.3, 0.4) is 0 Å². The molecule has 0 saturated carbocycles. The van der Waals surface area contributed by atoms with Crippen LogP contribution in [-0.2, 0) is 6.42 Å². The number of hydrogen-bond acceptors (Lipinski definition) is 2. The molecule has 7 heteroatoms. The summed E-state index contributed by atoms with van der Waals surface area (Å²) in [4.78, 5) is 0. The lowest BCUT2D eigenvalue weighted by atomic mass is 10.2. The van der Waals surface area contributed by atoms with Crippen molar-refractivity contribution in [1.82, 2.24) is 14.8 Å². The average Bonchev–Trinajstić information content (AvgIpc) is 2.43. The average molecular weight is 242 g/mol. The topological polar surface area (TPSA) is 30.7 Å². The highest BCUT2D eigenvalue weighted by Crippen LogP contribution is 2.29. The van der Waals surface area contributed by atoms with Crippen LogP contribution in [0, 0.1) is 0 Å². The van der Waals surface area contributed by atoms with Crippen LogP contribution in [0.4, 0.5) is 13.2 Å². The van der Waals surface area contributed by atoms with Gasteiger partial charge in [0.1, 0.15) is 5.82 Å². The highest BCUT2D eigenvalue weighted by Gasteiger charge is 2.32. The van der Waals surface area contributed by atoms with Crippen LogP contribution >= 0.6 is 11.6 Å². The number of hydrogen-bond donors (Lipinski definition) is 0. The van der Waals surface area contributed by atoms with Gasteiger partial charge in [0, 0.05) is 12.5 Å². The molecule has 0 fully saturated rings. The minimum Gasteiger partial charge on any atom is -0.299 e. The number of rotatable bonds is 3. The molecule has 0 aliphatic rings. The maximum atomic E-state index is 12.2. The van der Waals surface area contributed by atoms with E-state index in [4.69, 9.17) is 11.6 Å². The van der Waals surface area contributed by atoms with Crippen molar-refractivity contribution in [3.8, 4) is 0 Å². The van der Waals surface area contributed by atoms with E-state index in [-0.39, 0.29) is 5.28 Å². The molecule has 1 atom stereocenters. The number of aryl methyl sites for hydroxylation is 1. The highest BCUT2D eigenvalue weighted by molar-refractivity contribution is 6.28. The van der Waals surface area contributed by atoms with Crippen LogP contribution < -0.4 is 0 Å². The van der Waals surface area contributed by atoms with Gasteiger partial charge in [0.05, 0.1) is 6.42 Å². The van der Waals surface area contributed by atoms with E-state index in [9.17, 15) is 13.2 Å². The molecule has 1 aromatic rings. The fourth-order valence-corrected chi connectivity index (χ4v) is 1.71. The summed E-state index contributed by atoms with van der Waals surface area (Å²) in [7, 11) is 0. The van der Waals surface area contributed by atoms with E-state index in [0.717, 1.165) is 0 Å². The molecule has 0 bridgehead atoms. The van der Waals surface area contributed by atoms with Crippen molar-refractivity contribution < 1.29 is 13.2 Å². The van der Waals surface area contributed by atoms with Gasteiger partial charge in [0.15, 0.2) is 0 Å². The van der Waals surface area contributed by atoms with Crippen LogP contribution in [-0.4, -0.2) is 20.9 Å². The first-order valence-electron chi connectivity index (χ1n) is 4.51. The molecule has 0 amide bonds. The Bertz CT molecular complexity index is 334. The second-order valence-corrected chi connectivity index (χ2v) is 3.62. The fourth-order valence-electron chi connectivity index (χ4n) is 1.41. The van der Waals surface area contributed by atoms with Gasteiger partial charge in [-0.3, -0.25) is 4.57 Å². The molecule has 86 valence electrons. The lowest BCUT2D eigenvalue weighted by molar-refractivity contribution is -0.141. The number of aromatic nitrogens is 3. The van der Waals surface area contributed by atoms with E-state index < -0.39 is 18.6 Å². The molecular formula is C8H11ClF3N3.